The van der Waals surface area contributed by atoms with Crippen LogP contribution < -0.4 is 15.2 Å². The monoisotopic (exact) mass is 385 g/mol. The summed E-state index contributed by atoms with van der Waals surface area (Å²) in [5.41, 5.74) is 6.03. The zero-order chi connectivity index (χ0) is 20.1. The largest absolute Gasteiger partial charge is 0.497 e. The Bertz CT molecular complexity index is 1060. The van der Waals surface area contributed by atoms with Crippen molar-refractivity contribution in [2.75, 3.05) is 12.1 Å². The SMILES string of the molecule is COc1ccc(C(=O)NN(c2ccccc2)c2ccc(-n3ccnn3)cc2)cc1. The van der Waals surface area contributed by atoms with Crippen molar-refractivity contribution in [1.29, 1.82) is 0 Å². The molecule has 0 bridgehead atoms. The lowest BCUT2D eigenvalue weighted by Gasteiger charge is -2.25. The summed E-state index contributed by atoms with van der Waals surface area (Å²) in [7, 11) is 1.59. The molecule has 4 aromatic rings. The molecule has 0 aliphatic carbocycles. The average molecular weight is 385 g/mol. The molecule has 1 heterocycles. The maximum Gasteiger partial charge on any atom is 0.270 e. The van der Waals surface area contributed by atoms with E-state index in [1.54, 1.807) is 53.5 Å². The van der Waals surface area contributed by atoms with Gasteiger partial charge in [-0.05, 0) is 60.7 Å². The molecule has 7 heteroatoms. The Balaban J connectivity index is 1.62. The number of benzene rings is 3. The molecule has 0 aliphatic heterocycles. The molecule has 0 saturated carbocycles. The van der Waals surface area contributed by atoms with E-state index in [0.717, 1.165) is 17.1 Å². The Hall–Kier alpha value is -4.13. The van der Waals surface area contributed by atoms with Gasteiger partial charge >= 0.3 is 0 Å². The van der Waals surface area contributed by atoms with E-state index in [1.807, 2.05) is 54.6 Å². The molecule has 1 aromatic heterocycles. The van der Waals surface area contributed by atoms with Crippen LogP contribution in [-0.4, -0.2) is 28.0 Å². The molecule has 0 spiro atoms. The zero-order valence-electron chi connectivity index (χ0n) is 15.8. The maximum absolute atomic E-state index is 12.8. The summed E-state index contributed by atoms with van der Waals surface area (Å²) in [5, 5.41) is 9.57. The highest BCUT2D eigenvalue weighted by Gasteiger charge is 2.14. The minimum absolute atomic E-state index is 0.225. The van der Waals surface area contributed by atoms with Gasteiger partial charge in [0.15, 0.2) is 0 Å². The van der Waals surface area contributed by atoms with Gasteiger partial charge in [0.2, 0.25) is 0 Å². The number of nitrogens with one attached hydrogen (secondary N) is 1. The standard InChI is InChI=1S/C22H19N5O2/c1-29-21-13-7-17(8-14-21)22(28)24-27(19-5-3-2-4-6-19)20-11-9-18(10-12-20)26-16-15-23-25-26/h2-16H,1H3,(H,24,28). The van der Waals surface area contributed by atoms with Gasteiger partial charge in [-0.1, -0.05) is 23.4 Å². The number of rotatable bonds is 6. The van der Waals surface area contributed by atoms with E-state index >= 15 is 0 Å². The number of methoxy groups -OCH3 is 1. The van der Waals surface area contributed by atoms with Gasteiger partial charge in [0.25, 0.3) is 5.91 Å². The highest BCUT2D eigenvalue weighted by Crippen LogP contribution is 2.24. The van der Waals surface area contributed by atoms with Gasteiger partial charge in [0.1, 0.15) is 5.75 Å². The lowest BCUT2D eigenvalue weighted by Crippen LogP contribution is -2.38. The number of hydrogen-bond donors (Lipinski definition) is 1. The Morgan fingerprint density at radius 3 is 2.24 bits per heavy atom. The first-order valence-electron chi connectivity index (χ1n) is 9.01. The predicted octanol–water partition coefficient (Wildman–Crippen LogP) is 3.76. The van der Waals surface area contributed by atoms with Crippen molar-refractivity contribution in [3.8, 4) is 11.4 Å². The number of nitrogens with zero attached hydrogens (tertiary/aromatic N) is 4. The van der Waals surface area contributed by atoms with Crippen molar-refractivity contribution >= 4 is 17.3 Å². The number of aromatic nitrogens is 3. The van der Waals surface area contributed by atoms with Crippen LogP contribution in [0.15, 0.2) is 91.3 Å². The van der Waals surface area contributed by atoms with Crippen LogP contribution >= 0.6 is 0 Å². The van der Waals surface area contributed by atoms with Crippen molar-refractivity contribution in [2.45, 2.75) is 0 Å². The number of carbonyl (C=O) groups excluding carboxylic acids is 1. The van der Waals surface area contributed by atoms with Crippen molar-refractivity contribution in [1.82, 2.24) is 20.4 Å². The molecule has 0 fully saturated rings. The molecule has 1 N–H and O–H groups in total. The number of hydrazine groups is 1. The molecule has 144 valence electrons. The van der Waals surface area contributed by atoms with Gasteiger partial charge in [-0.15, -0.1) is 5.10 Å². The molecule has 0 atom stereocenters. The Morgan fingerprint density at radius 1 is 0.931 bits per heavy atom. The zero-order valence-corrected chi connectivity index (χ0v) is 15.8. The van der Waals surface area contributed by atoms with Crippen molar-refractivity contribution < 1.29 is 9.53 Å². The Kier molecular flexibility index (Phi) is 5.20. The molecule has 4 rings (SSSR count). The molecule has 0 radical (unpaired) electrons. The molecule has 0 aliphatic rings. The van der Waals surface area contributed by atoms with Crippen LogP contribution in [0.1, 0.15) is 10.4 Å². The molecular weight excluding hydrogens is 366 g/mol. The summed E-state index contributed by atoms with van der Waals surface area (Å²) < 4.78 is 6.83. The number of carbonyl (C=O) groups is 1. The third kappa shape index (κ3) is 4.08. The summed E-state index contributed by atoms with van der Waals surface area (Å²) in [6.07, 6.45) is 3.40. The van der Waals surface area contributed by atoms with E-state index in [-0.39, 0.29) is 5.91 Å². The summed E-state index contributed by atoms with van der Waals surface area (Å²) in [5.74, 6) is 0.474. The van der Waals surface area contributed by atoms with E-state index in [4.69, 9.17) is 4.74 Å². The second-order valence-corrected chi connectivity index (χ2v) is 6.20. The highest BCUT2D eigenvalue weighted by atomic mass is 16.5. The quantitative estimate of drug-likeness (QED) is 0.512. The number of ether oxygens (including phenoxy) is 1. The molecule has 7 nitrogen and oxygen atoms in total. The first kappa shape index (κ1) is 18.2. The van der Waals surface area contributed by atoms with Gasteiger partial charge in [0, 0.05) is 5.56 Å². The van der Waals surface area contributed by atoms with Crippen LogP contribution in [0.4, 0.5) is 11.4 Å². The fraction of sp³-hybridized carbons (Fsp3) is 0.0455. The number of hydrogen-bond acceptors (Lipinski definition) is 5. The lowest BCUT2D eigenvalue weighted by atomic mass is 10.2. The molecule has 3 aromatic carbocycles. The number of anilines is 2. The predicted molar refractivity (Wildman–Crippen MR) is 110 cm³/mol. The third-order valence-corrected chi connectivity index (χ3v) is 4.37. The van der Waals surface area contributed by atoms with Gasteiger partial charge in [-0.3, -0.25) is 15.2 Å². The fourth-order valence-electron chi connectivity index (χ4n) is 2.86. The van der Waals surface area contributed by atoms with Gasteiger partial charge in [-0.25, -0.2) is 4.68 Å². The summed E-state index contributed by atoms with van der Waals surface area (Å²) in [6.45, 7) is 0. The van der Waals surface area contributed by atoms with E-state index < -0.39 is 0 Å². The van der Waals surface area contributed by atoms with Crippen molar-refractivity contribution in [3.63, 3.8) is 0 Å². The van der Waals surface area contributed by atoms with Crippen LogP contribution in [0.3, 0.4) is 0 Å². The van der Waals surface area contributed by atoms with Gasteiger partial charge in [0.05, 0.1) is 36.6 Å². The first-order valence-corrected chi connectivity index (χ1v) is 9.01. The third-order valence-electron chi connectivity index (χ3n) is 4.37. The van der Waals surface area contributed by atoms with E-state index in [1.165, 1.54) is 0 Å². The minimum atomic E-state index is -0.225. The summed E-state index contributed by atoms with van der Waals surface area (Å²) in [4.78, 5) is 12.8. The van der Waals surface area contributed by atoms with Crippen molar-refractivity contribution in [3.05, 3.63) is 96.8 Å². The highest BCUT2D eigenvalue weighted by molar-refractivity contribution is 5.96. The first-order chi connectivity index (χ1) is 14.2. The van der Waals surface area contributed by atoms with Gasteiger partial charge < -0.3 is 4.74 Å². The van der Waals surface area contributed by atoms with Crippen molar-refractivity contribution in [2.24, 2.45) is 0 Å². The average Bonchev–Trinajstić information content (AvgIpc) is 3.33. The summed E-state index contributed by atoms with van der Waals surface area (Å²) in [6, 6.07) is 24.3. The molecule has 29 heavy (non-hydrogen) atoms. The molecule has 0 unspecified atom stereocenters. The normalized spacial score (nSPS) is 10.4. The second kappa shape index (κ2) is 8.26. The number of amides is 1. The fourth-order valence-corrected chi connectivity index (χ4v) is 2.86. The second-order valence-electron chi connectivity index (χ2n) is 6.20. The van der Waals surface area contributed by atoms with E-state index in [9.17, 15) is 4.79 Å². The van der Waals surface area contributed by atoms with E-state index in [0.29, 0.717) is 11.3 Å². The minimum Gasteiger partial charge on any atom is -0.497 e. The van der Waals surface area contributed by atoms with Gasteiger partial charge in [-0.2, -0.15) is 0 Å². The molecule has 0 saturated heterocycles. The maximum atomic E-state index is 12.8. The van der Waals surface area contributed by atoms with Crippen LogP contribution in [-0.2, 0) is 0 Å². The molecular formula is C22H19N5O2. The lowest BCUT2D eigenvalue weighted by molar-refractivity contribution is 0.0953. The van der Waals surface area contributed by atoms with E-state index in [2.05, 4.69) is 15.7 Å². The van der Waals surface area contributed by atoms with Crippen LogP contribution in [0, 0.1) is 0 Å². The summed E-state index contributed by atoms with van der Waals surface area (Å²) >= 11 is 0. The van der Waals surface area contributed by atoms with Crippen LogP contribution in [0.25, 0.3) is 5.69 Å². The molecule has 1 amide bonds. The van der Waals surface area contributed by atoms with Crippen LogP contribution in [0.2, 0.25) is 0 Å². The topological polar surface area (TPSA) is 72.3 Å². The van der Waals surface area contributed by atoms with Crippen LogP contribution in [0.5, 0.6) is 5.75 Å². The Labute approximate surface area is 168 Å². The number of para-hydroxylation sites is 1. The smallest absolute Gasteiger partial charge is 0.270 e. The Morgan fingerprint density at radius 2 is 1.62 bits per heavy atom.